The molecule has 0 unspecified atom stereocenters. The van der Waals surface area contributed by atoms with Gasteiger partial charge in [-0.05, 0) is 19.4 Å². The van der Waals surface area contributed by atoms with E-state index < -0.39 is 0 Å². The monoisotopic (exact) mass is 233 g/mol. The quantitative estimate of drug-likeness (QED) is 0.642. The number of nitrogens with zero attached hydrogens (tertiary/aromatic N) is 2. The van der Waals surface area contributed by atoms with Gasteiger partial charge in [0.2, 0.25) is 0 Å². The van der Waals surface area contributed by atoms with E-state index in [0.29, 0.717) is 0 Å². The molecule has 94 valence electrons. The first-order valence-corrected chi connectivity index (χ1v) is 6.18. The fourth-order valence-electron chi connectivity index (χ4n) is 1.65. The van der Waals surface area contributed by atoms with Crippen LogP contribution >= 0.6 is 0 Å². The van der Waals surface area contributed by atoms with E-state index in [9.17, 15) is 0 Å². The second kappa shape index (κ2) is 5.88. The fraction of sp³-hybridized carbons (Fsp3) is 0.643. The zero-order valence-corrected chi connectivity index (χ0v) is 11.4. The predicted molar refractivity (Wildman–Crippen MR) is 71.7 cm³/mol. The van der Waals surface area contributed by atoms with Crippen molar-refractivity contribution in [3.63, 3.8) is 0 Å². The lowest BCUT2D eigenvalue weighted by Gasteiger charge is -2.15. The summed E-state index contributed by atoms with van der Waals surface area (Å²) in [5.41, 5.74) is 7.61. The first-order chi connectivity index (χ1) is 7.95. The van der Waals surface area contributed by atoms with Gasteiger partial charge in [0.05, 0.1) is 11.3 Å². The minimum Gasteiger partial charge on any atom is -0.330 e. The SMILES string of the molecule is Cn1cc(C#CCCCCN)c(C(C)(C)C)n1. The van der Waals surface area contributed by atoms with Crippen molar-refractivity contribution in [3.8, 4) is 11.8 Å². The van der Waals surface area contributed by atoms with Crippen molar-refractivity contribution in [3.05, 3.63) is 17.5 Å². The summed E-state index contributed by atoms with van der Waals surface area (Å²) in [5.74, 6) is 6.43. The summed E-state index contributed by atoms with van der Waals surface area (Å²) in [5, 5.41) is 4.49. The Kier molecular flexibility index (Phi) is 4.77. The third-order valence-corrected chi connectivity index (χ3v) is 2.52. The third kappa shape index (κ3) is 4.24. The smallest absolute Gasteiger partial charge is 0.0834 e. The van der Waals surface area contributed by atoms with Crippen molar-refractivity contribution in [2.45, 2.75) is 45.4 Å². The molecule has 1 aromatic heterocycles. The molecule has 1 rings (SSSR count). The lowest BCUT2D eigenvalue weighted by molar-refractivity contribution is 0.552. The number of nitrogens with two attached hydrogens (primary N) is 1. The molecule has 0 amide bonds. The van der Waals surface area contributed by atoms with Crippen LogP contribution in [-0.4, -0.2) is 16.3 Å². The van der Waals surface area contributed by atoms with Crippen molar-refractivity contribution in [2.75, 3.05) is 6.54 Å². The highest BCUT2D eigenvalue weighted by Crippen LogP contribution is 2.23. The lowest BCUT2D eigenvalue weighted by atomic mass is 9.90. The van der Waals surface area contributed by atoms with Crippen LogP contribution in [-0.2, 0) is 12.5 Å². The summed E-state index contributed by atoms with van der Waals surface area (Å²) in [7, 11) is 1.94. The van der Waals surface area contributed by atoms with Crippen molar-refractivity contribution >= 4 is 0 Å². The Morgan fingerprint density at radius 3 is 2.65 bits per heavy atom. The highest BCUT2D eigenvalue weighted by Gasteiger charge is 2.20. The van der Waals surface area contributed by atoms with Crippen molar-refractivity contribution in [2.24, 2.45) is 12.8 Å². The molecule has 0 atom stereocenters. The van der Waals surface area contributed by atoms with Crippen LogP contribution in [0, 0.1) is 11.8 Å². The van der Waals surface area contributed by atoms with Gasteiger partial charge in [0.1, 0.15) is 0 Å². The number of hydrogen-bond acceptors (Lipinski definition) is 2. The highest BCUT2D eigenvalue weighted by molar-refractivity contribution is 5.39. The van der Waals surface area contributed by atoms with E-state index in [4.69, 9.17) is 5.73 Å². The normalized spacial score (nSPS) is 11.1. The molecule has 3 heteroatoms. The van der Waals surface area contributed by atoms with Gasteiger partial charge in [-0.25, -0.2) is 0 Å². The molecule has 0 radical (unpaired) electrons. The van der Waals surface area contributed by atoms with E-state index >= 15 is 0 Å². The number of unbranched alkanes of at least 4 members (excludes halogenated alkanes) is 2. The Hall–Kier alpha value is -1.27. The topological polar surface area (TPSA) is 43.8 Å². The van der Waals surface area contributed by atoms with Gasteiger partial charge < -0.3 is 5.73 Å². The van der Waals surface area contributed by atoms with Crippen LogP contribution in [0.15, 0.2) is 6.20 Å². The molecule has 17 heavy (non-hydrogen) atoms. The Morgan fingerprint density at radius 1 is 1.35 bits per heavy atom. The van der Waals surface area contributed by atoms with Gasteiger partial charge in [-0.15, -0.1) is 0 Å². The molecule has 0 spiro atoms. The second-order valence-electron chi connectivity index (χ2n) is 5.36. The van der Waals surface area contributed by atoms with Gasteiger partial charge >= 0.3 is 0 Å². The first-order valence-electron chi connectivity index (χ1n) is 6.18. The summed E-state index contributed by atoms with van der Waals surface area (Å²) in [6.45, 7) is 7.24. The average molecular weight is 233 g/mol. The summed E-state index contributed by atoms with van der Waals surface area (Å²) in [4.78, 5) is 0. The van der Waals surface area contributed by atoms with Gasteiger partial charge in [-0.1, -0.05) is 32.6 Å². The molecule has 0 fully saturated rings. The van der Waals surface area contributed by atoms with E-state index in [2.05, 4.69) is 37.7 Å². The first kappa shape index (κ1) is 13.8. The Labute approximate surface area is 104 Å². The maximum absolute atomic E-state index is 5.44. The van der Waals surface area contributed by atoms with Crippen LogP contribution in [0.1, 0.15) is 51.3 Å². The molecule has 0 saturated heterocycles. The van der Waals surface area contributed by atoms with E-state index in [1.165, 1.54) is 0 Å². The zero-order chi connectivity index (χ0) is 12.9. The maximum Gasteiger partial charge on any atom is 0.0834 e. The Balaban J connectivity index is 2.77. The van der Waals surface area contributed by atoms with Gasteiger partial charge in [-0.2, -0.15) is 5.10 Å². The van der Waals surface area contributed by atoms with Gasteiger partial charge in [-0.3, -0.25) is 4.68 Å². The van der Waals surface area contributed by atoms with Crippen LogP contribution in [0.4, 0.5) is 0 Å². The number of aromatic nitrogens is 2. The van der Waals surface area contributed by atoms with Gasteiger partial charge in [0, 0.05) is 25.1 Å². The van der Waals surface area contributed by atoms with Gasteiger partial charge in [0.15, 0.2) is 0 Å². The van der Waals surface area contributed by atoms with Crippen molar-refractivity contribution < 1.29 is 0 Å². The van der Waals surface area contributed by atoms with Crippen LogP contribution in [0.5, 0.6) is 0 Å². The van der Waals surface area contributed by atoms with Crippen LogP contribution < -0.4 is 5.73 Å². The van der Waals surface area contributed by atoms with Crippen LogP contribution in [0.2, 0.25) is 0 Å². The van der Waals surface area contributed by atoms with E-state index in [1.807, 2.05) is 17.9 Å². The number of aryl methyl sites for hydroxylation is 1. The molecule has 2 N–H and O–H groups in total. The summed E-state index contributed by atoms with van der Waals surface area (Å²) < 4.78 is 1.84. The lowest BCUT2D eigenvalue weighted by Crippen LogP contribution is -2.14. The molecular weight excluding hydrogens is 210 g/mol. The Bertz CT molecular complexity index is 413. The predicted octanol–water partition coefficient (Wildman–Crippen LogP) is 2.20. The summed E-state index contributed by atoms with van der Waals surface area (Å²) in [6, 6.07) is 0. The van der Waals surface area contributed by atoms with Crippen LogP contribution in [0.25, 0.3) is 0 Å². The van der Waals surface area contributed by atoms with Crippen molar-refractivity contribution in [1.82, 2.24) is 9.78 Å². The molecule has 0 aliphatic carbocycles. The highest BCUT2D eigenvalue weighted by atomic mass is 15.3. The molecule has 0 bridgehead atoms. The van der Waals surface area contributed by atoms with Crippen molar-refractivity contribution in [1.29, 1.82) is 0 Å². The Morgan fingerprint density at radius 2 is 2.06 bits per heavy atom. The third-order valence-electron chi connectivity index (χ3n) is 2.52. The molecule has 1 aromatic rings. The largest absolute Gasteiger partial charge is 0.330 e. The molecule has 0 aromatic carbocycles. The van der Waals surface area contributed by atoms with E-state index in [1.54, 1.807) is 0 Å². The maximum atomic E-state index is 5.44. The van der Waals surface area contributed by atoms with E-state index in [0.717, 1.165) is 37.1 Å². The molecule has 0 aliphatic rings. The van der Waals surface area contributed by atoms with Crippen LogP contribution in [0.3, 0.4) is 0 Å². The zero-order valence-electron chi connectivity index (χ0n) is 11.4. The molecule has 3 nitrogen and oxygen atoms in total. The second-order valence-corrected chi connectivity index (χ2v) is 5.36. The molecular formula is C14H23N3. The van der Waals surface area contributed by atoms with Gasteiger partial charge in [0.25, 0.3) is 0 Å². The fourth-order valence-corrected chi connectivity index (χ4v) is 1.65. The minimum absolute atomic E-state index is 0.0442. The molecule has 0 aliphatic heterocycles. The summed E-state index contributed by atoms with van der Waals surface area (Å²) in [6.07, 6.45) is 5.04. The molecule has 0 saturated carbocycles. The number of rotatable bonds is 3. The molecule has 1 heterocycles. The number of hydrogen-bond donors (Lipinski definition) is 1. The standard InChI is InChI=1S/C14H23N3/c1-14(2,3)13-12(11-17(4)16-13)9-7-5-6-8-10-15/h11H,5-6,8,10,15H2,1-4H3. The average Bonchev–Trinajstić information content (AvgIpc) is 2.59. The minimum atomic E-state index is 0.0442. The van der Waals surface area contributed by atoms with E-state index in [-0.39, 0.29) is 5.41 Å². The summed E-state index contributed by atoms with van der Waals surface area (Å²) >= 11 is 0.